The Morgan fingerprint density at radius 2 is 1.82 bits per heavy atom. The van der Waals surface area contributed by atoms with Crippen molar-refractivity contribution in [3.8, 4) is 5.75 Å². The molecule has 1 aromatic heterocycles. The molecule has 1 heterocycles. The van der Waals surface area contributed by atoms with Crippen molar-refractivity contribution in [2.24, 2.45) is 15.7 Å². The van der Waals surface area contributed by atoms with Crippen LogP contribution >= 0.6 is 0 Å². The number of rotatable bonds is 8. The number of nitrogens with two attached hydrogens (primary N) is 1. The number of aromatic nitrogens is 1. The van der Waals surface area contributed by atoms with Crippen LogP contribution in [0.15, 0.2) is 56.6 Å². The second-order valence-corrected chi connectivity index (χ2v) is 8.65. The number of carbonyl (C=O) groups excluding carboxylic acids is 2. The van der Waals surface area contributed by atoms with E-state index in [-0.39, 0.29) is 35.1 Å². The van der Waals surface area contributed by atoms with Gasteiger partial charge in [0, 0.05) is 23.1 Å². The number of allylic oxidation sites excluding steroid dienone is 2. The summed E-state index contributed by atoms with van der Waals surface area (Å²) in [5.74, 6) is -0.730. The molecule has 3 amide bonds. The van der Waals surface area contributed by atoms with Gasteiger partial charge in [0.05, 0.1) is 23.3 Å². The Kier molecular flexibility index (Phi) is 9.22. The Morgan fingerprint density at radius 1 is 1.16 bits per heavy atom. The predicted octanol–water partition coefficient (Wildman–Crippen LogP) is 4.08. The molecule has 0 bridgehead atoms. The fraction of sp³-hybridized carbons (Fsp3) is 0.320. The molecular formula is C25H29F3N6O4. The molecule has 2 aromatic rings. The molecule has 10 nitrogen and oxygen atoms in total. The number of nitrogens with zero attached hydrogens (tertiary/aromatic N) is 2. The number of amides is 3. The zero-order valence-corrected chi connectivity index (χ0v) is 21.5. The minimum absolute atomic E-state index is 0.0701. The molecule has 13 heteroatoms. The van der Waals surface area contributed by atoms with Gasteiger partial charge in [-0.3, -0.25) is 9.59 Å². The molecule has 1 aromatic carbocycles. The summed E-state index contributed by atoms with van der Waals surface area (Å²) in [6, 6.07) is 3.69. The molecule has 5 N–H and O–H groups in total. The highest BCUT2D eigenvalue weighted by molar-refractivity contribution is 6.02. The number of aliphatic imine (C=N–C) groups is 2. The number of anilines is 1. The lowest BCUT2D eigenvalue weighted by molar-refractivity contribution is -0.139. The number of urea groups is 1. The van der Waals surface area contributed by atoms with Crippen LogP contribution in [0.3, 0.4) is 0 Å². The van der Waals surface area contributed by atoms with Gasteiger partial charge in [0.25, 0.3) is 5.56 Å². The zero-order valence-electron chi connectivity index (χ0n) is 21.5. The summed E-state index contributed by atoms with van der Waals surface area (Å²) in [5, 5.41) is 4.83. The number of H-pyrrole nitrogens is 1. The molecule has 38 heavy (non-hydrogen) atoms. The molecular weight excluding hydrogens is 505 g/mol. The van der Waals surface area contributed by atoms with Gasteiger partial charge >= 0.3 is 12.2 Å². The van der Waals surface area contributed by atoms with E-state index in [2.05, 4.69) is 32.3 Å². The van der Waals surface area contributed by atoms with Crippen molar-refractivity contribution in [2.75, 3.05) is 11.9 Å². The Balaban J connectivity index is 2.30. The van der Waals surface area contributed by atoms with Crippen molar-refractivity contribution in [1.29, 1.82) is 0 Å². The number of halogens is 3. The number of nitrogens with one attached hydrogen (secondary N) is 3. The first-order chi connectivity index (χ1) is 17.6. The van der Waals surface area contributed by atoms with Gasteiger partial charge in [-0.1, -0.05) is 6.07 Å². The minimum atomic E-state index is -4.80. The summed E-state index contributed by atoms with van der Waals surface area (Å²) < 4.78 is 46.4. The second-order valence-electron chi connectivity index (χ2n) is 8.65. The maximum absolute atomic E-state index is 13.7. The Hall–Kier alpha value is -4.42. The summed E-state index contributed by atoms with van der Waals surface area (Å²) in [6.45, 7) is 11.1. The van der Waals surface area contributed by atoms with E-state index in [1.54, 1.807) is 13.8 Å². The summed E-state index contributed by atoms with van der Waals surface area (Å²) in [7, 11) is 0. The largest absolute Gasteiger partial charge is 0.488 e. The van der Waals surface area contributed by atoms with Crippen LogP contribution < -0.4 is 26.7 Å². The van der Waals surface area contributed by atoms with Gasteiger partial charge in [0.1, 0.15) is 0 Å². The number of carbonyl (C=O) groups is 2. The Morgan fingerprint density at radius 3 is 2.37 bits per heavy atom. The number of benzene rings is 1. The van der Waals surface area contributed by atoms with Crippen LogP contribution in [-0.4, -0.2) is 36.1 Å². The maximum Gasteiger partial charge on any atom is 0.416 e. The second kappa shape index (κ2) is 11.8. The first-order valence-corrected chi connectivity index (χ1v) is 11.3. The molecule has 0 radical (unpaired) electrons. The van der Waals surface area contributed by atoms with E-state index in [1.165, 1.54) is 39.1 Å². The molecule has 0 saturated heterocycles. The van der Waals surface area contributed by atoms with Crippen LogP contribution in [0.1, 0.15) is 51.3 Å². The number of aromatic amines is 1. The standard InChI is InChI=1S/C25H29F3N6O4/c1-7-38-19-10-15(12-31-21(19)35)20(30-6)32-13(2)14(3)33-23(37)34-16-8-9-17(24(4,5)22(29)36)18(11-16)25(26,27)28/h8-12H,6-7H2,1-5H3,(H2,29,36)(H,31,35)(H2,33,34,37)/b14-13+,32-20?. The molecule has 0 aliphatic rings. The lowest BCUT2D eigenvalue weighted by atomic mass is 9.80. The smallest absolute Gasteiger partial charge is 0.416 e. The number of pyridine rings is 1. The number of amidine groups is 1. The summed E-state index contributed by atoms with van der Waals surface area (Å²) in [4.78, 5) is 46.7. The van der Waals surface area contributed by atoms with Gasteiger partial charge in [0.2, 0.25) is 5.91 Å². The van der Waals surface area contributed by atoms with Crippen LogP contribution in [0.2, 0.25) is 0 Å². The highest BCUT2D eigenvalue weighted by Crippen LogP contribution is 2.39. The Bertz CT molecular complexity index is 1360. The molecule has 0 atom stereocenters. The number of hydrogen-bond acceptors (Lipinski definition) is 5. The van der Waals surface area contributed by atoms with Gasteiger partial charge in [-0.15, -0.1) is 0 Å². The lowest BCUT2D eigenvalue weighted by Crippen LogP contribution is -2.37. The van der Waals surface area contributed by atoms with E-state index < -0.39 is 34.7 Å². The van der Waals surface area contributed by atoms with Gasteiger partial charge in [0.15, 0.2) is 11.6 Å². The van der Waals surface area contributed by atoms with Crippen LogP contribution in [0.25, 0.3) is 0 Å². The van der Waals surface area contributed by atoms with Crippen molar-refractivity contribution < 1.29 is 27.5 Å². The molecule has 0 spiro atoms. The molecule has 0 saturated carbocycles. The average molecular weight is 535 g/mol. The van der Waals surface area contributed by atoms with E-state index >= 15 is 0 Å². The first-order valence-electron chi connectivity index (χ1n) is 11.3. The van der Waals surface area contributed by atoms with Crippen molar-refractivity contribution in [2.45, 2.75) is 46.2 Å². The molecule has 2 rings (SSSR count). The third kappa shape index (κ3) is 7.08. The van der Waals surface area contributed by atoms with Crippen molar-refractivity contribution in [3.63, 3.8) is 0 Å². The number of hydrogen-bond donors (Lipinski definition) is 4. The number of primary amides is 1. The fourth-order valence-corrected chi connectivity index (χ4v) is 3.25. The van der Waals surface area contributed by atoms with Gasteiger partial charge in [-0.2, -0.15) is 13.2 Å². The number of alkyl halides is 3. The first kappa shape index (κ1) is 29.8. The third-order valence-electron chi connectivity index (χ3n) is 5.57. The van der Waals surface area contributed by atoms with Crippen LogP contribution in [0, 0.1) is 0 Å². The van der Waals surface area contributed by atoms with Gasteiger partial charge < -0.3 is 26.1 Å². The van der Waals surface area contributed by atoms with Gasteiger partial charge in [-0.05, 0) is 65.1 Å². The average Bonchev–Trinajstić information content (AvgIpc) is 2.83. The van der Waals surface area contributed by atoms with Crippen LogP contribution in [-0.2, 0) is 16.4 Å². The molecule has 0 fully saturated rings. The monoisotopic (exact) mass is 534 g/mol. The SMILES string of the molecule is C=NC(=N/C(C)=C(\C)NC(=O)Nc1ccc(C(C)(C)C(N)=O)c(C(F)(F)F)c1)c1c[nH]c(=O)c(OCC)c1. The number of ether oxygens (including phenoxy) is 1. The molecule has 0 unspecified atom stereocenters. The summed E-state index contributed by atoms with van der Waals surface area (Å²) in [5.41, 5.74) is 2.68. The molecule has 0 aliphatic carbocycles. The summed E-state index contributed by atoms with van der Waals surface area (Å²) in [6.07, 6.45) is -3.42. The maximum atomic E-state index is 13.7. The van der Waals surface area contributed by atoms with E-state index in [0.29, 0.717) is 11.3 Å². The van der Waals surface area contributed by atoms with E-state index in [4.69, 9.17) is 10.5 Å². The van der Waals surface area contributed by atoms with E-state index in [1.807, 2.05) is 0 Å². The van der Waals surface area contributed by atoms with E-state index in [9.17, 15) is 27.6 Å². The topological polar surface area (TPSA) is 151 Å². The lowest BCUT2D eigenvalue weighted by Gasteiger charge is -2.26. The van der Waals surface area contributed by atoms with E-state index in [0.717, 1.165) is 12.1 Å². The van der Waals surface area contributed by atoms with Crippen molar-refractivity contribution in [3.05, 3.63) is 68.9 Å². The van der Waals surface area contributed by atoms with Crippen LogP contribution in [0.5, 0.6) is 5.75 Å². The quantitative estimate of drug-likeness (QED) is 0.298. The third-order valence-corrected chi connectivity index (χ3v) is 5.57. The summed E-state index contributed by atoms with van der Waals surface area (Å²) >= 11 is 0. The zero-order chi connectivity index (χ0) is 28.8. The van der Waals surface area contributed by atoms with Crippen molar-refractivity contribution in [1.82, 2.24) is 10.3 Å². The van der Waals surface area contributed by atoms with Crippen LogP contribution in [0.4, 0.5) is 23.7 Å². The minimum Gasteiger partial charge on any atom is -0.488 e. The molecule has 0 aliphatic heterocycles. The van der Waals surface area contributed by atoms with Gasteiger partial charge in [-0.25, -0.2) is 14.8 Å². The fourth-order valence-electron chi connectivity index (χ4n) is 3.25. The Labute approximate surface area is 216 Å². The molecule has 204 valence electrons. The highest BCUT2D eigenvalue weighted by Gasteiger charge is 2.40. The predicted molar refractivity (Wildman–Crippen MR) is 139 cm³/mol. The highest BCUT2D eigenvalue weighted by atomic mass is 19.4. The van der Waals surface area contributed by atoms with Crippen molar-refractivity contribution >= 4 is 30.2 Å². The normalized spacial score (nSPS) is 12.9.